The number of carbonyl (C=O) groups excluding carboxylic acids is 2. The standard InChI is InChI=1S/C14H18N4O3/c1-2-6-15-13(19)14(20)16-10-11(12-5-3-9-21-12)18-8-4-7-17-18/h3-5,7-9,11H,2,6,10H2,1H3,(H,15,19)(H,16,20). The molecule has 0 fully saturated rings. The molecule has 2 rings (SSSR count). The predicted molar refractivity (Wildman–Crippen MR) is 75.4 cm³/mol. The minimum atomic E-state index is -0.660. The van der Waals surface area contributed by atoms with Crippen LogP contribution in [0.2, 0.25) is 0 Å². The topological polar surface area (TPSA) is 89.2 Å². The van der Waals surface area contributed by atoms with Crippen LogP contribution in [0.25, 0.3) is 0 Å². The first-order chi connectivity index (χ1) is 10.2. The lowest BCUT2D eigenvalue weighted by atomic mass is 10.2. The maximum Gasteiger partial charge on any atom is 0.309 e. The van der Waals surface area contributed by atoms with E-state index in [2.05, 4.69) is 15.7 Å². The molecule has 21 heavy (non-hydrogen) atoms. The summed E-state index contributed by atoms with van der Waals surface area (Å²) in [7, 11) is 0. The summed E-state index contributed by atoms with van der Waals surface area (Å²) in [6.07, 6.45) is 5.76. The Labute approximate surface area is 122 Å². The Balaban J connectivity index is 1.97. The second kappa shape index (κ2) is 7.28. The molecule has 1 unspecified atom stereocenters. The van der Waals surface area contributed by atoms with Gasteiger partial charge in [-0.3, -0.25) is 14.3 Å². The first kappa shape index (κ1) is 14.8. The quantitative estimate of drug-likeness (QED) is 0.767. The summed E-state index contributed by atoms with van der Waals surface area (Å²) < 4.78 is 7.03. The van der Waals surface area contributed by atoms with Crippen molar-refractivity contribution in [3.05, 3.63) is 42.6 Å². The lowest BCUT2D eigenvalue weighted by Gasteiger charge is -2.16. The van der Waals surface area contributed by atoms with E-state index >= 15 is 0 Å². The molecule has 2 heterocycles. The zero-order chi connectivity index (χ0) is 15.1. The molecule has 0 radical (unpaired) electrons. The van der Waals surface area contributed by atoms with Gasteiger partial charge >= 0.3 is 11.8 Å². The number of nitrogens with zero attached hydrogens (tertiary/aromatic N) is 2. The smallest absolute Gasteiger partial charge is 0.309 e. The number of carbonyl (C=O) groups is 2. The fourth-order valence-corrected chi connectivity index (χ4v) is 1.86. The molecule has 0 saturated carbocycles. The molecule has 7 heteroatoms. The van der Waals surface area contributed by atoms with Gasteiger partial charge in [0, 0.05) is 25.5 Å². The van der Waals surface area contributed by atoms with Crippen LogP contribution < -0.4 is 10.6 Å². The Kier molecular flexibility index (Phi) is 5.14. The summed E-state index contributed by atoms with van der Waals surface area (Å²) in [6.45, 7) is 2.61. The summed E-state index contributed by atoms with van der Waals surface area (Å²) >= 11 is 0. The van der Waals surface area contributed by atoms with Crippen LogP contribution in [-0.2, 0) is 9.59 Å². The van der Waals surface area contributed by atoms with Gasteiger partial charge in [-0.2, -0.15) is 5.10 Å². The SMILES string of the molecule is CCCNC(=O)C(=O)NCC(c1ccco1)n1cccn1. The fourth-order valence-electron chi connectivity index (χ4n) is 1.86. The fraction of sp³-hybridized carbons (Fsp3) is 0.357. The third-order valence-electron chi connectivity index (χ3n) is 2.91. The maximum absolute atomic E-state index is 11.7. The highest BCUT2D eigenvalue weighted by Crippen LogP contribution is 2.16. The number of hydrogen-bond acceptors (Lipinski definition) is 4. The molecule has 1 atom stereocenters. The first-order valence-electron chi connectivity index (χ1n) is 6.81. The van der Waals surface area contributed by atoms with Gasteiger partial charge in [0.2, 0.25) is 0 Å². The zero-order valence-corrected chi connectivity index (χ0v) is 11.8. The second-order valence-corrected chi connectivity index (χ2v) is 4.48. The van der Waals surface area contributed by atoms with Crippen LogP contribution in [0.1, 0.15) is 25.1 Å². The van der Waals surface area contributed by atoms with Crippen LogP contribution in [0, 0.1) is 0 Å². The Morgan fingerprint density at radius 3 is 2.76 bits per heavy atom. The van der Waals surface area contributed by atoms with Crippen molar-refractivity contribution in [3.63, 3.8) is 0 Å². The Morgan fingerprint density at radius 2 is 2.14 bits per heavy atom. The maximum atomic E-state index is 11.7. The van der Waals surface area contributed by atoms with E-state index in [-0.39, 0.29) is 12.6 Å². The molecule has 2 amide bonds. The highest BCUT2D eigenvalue weighted by molar-refractivity contribution is 6.35. The first-order valence-corrected chi connectivity index (χ1v) is 6.81. The van der Waals surface area contributed by atoms with E-state index in [4.69, 9.17) is 4.42 Å². The molecule has 0 aliphatic carbocycles. The van der Waals surface area contributed by atoms with Gasteiger partial charge in [0.25, 0.3) is 0 Å². The molecular formula is C14H18N4O3. The van der Waals surface area contributed by atoms with Gasteiger partial charge in [-0.25, -0.2) is 0 Å². The molecule has 7 nitrogen and oxygen atoms in total. The van der Waals surface area contributed by atoms with Crippen molar-refractivity contribution in [2.45, 2.75) is 19.4 Å². The normalized spacial score (nSPS) is 11.9. The van der Waals surface area contributed by atoms with Gasteiger partial charge in [0.05, 0.1) is 6.26 Å². The summed E-state index contributed by atoms with van der Waals surface area (Å²) in [5.74, 6) is -0.629. The van der Waals surface area contributed by atoms with Crippen LogP contribution in [0.3, 0.4) is 0 Å². The monoisotopic (exact) mass is 290 g/mol. The van der Waals surface area contributed by atoms with Gasteiger partial charge in [0.15, 0.2) is 0 Å². The van der Waals surface area contributed by atoms with Crippen LogP contribution >= 0.6 is 0 Å². The van der Waals surface area contributed by atoms with E-state index in [1.807, 2.05) is 6.92 Å². The van der Waals surface area contributed by atoms with E-state index in [1.165, 1.54) is 0 Å². The van der Waals surface area contributed by atoms with Crippen LogP contribution in [0.15, 0.2) is 41.3 Å². The zero-order valence-electron chi connectivity index (χ0n) is 11.8. The van der Waals surface area contributed by atoms with Crippen molar-refractivity contribution < 1.29 is 14.0 Å². The largest absolute Gasteiger partial charge is 0.467 e. The molecule has 2 aromatic heterocycles. The van der Waals surface area contributed by atoms with Gasteiger partial charge in [-0.1, -0.05) is 6.92 Å². The Hall–Kier alpha value is -2.57. The average Bonchev–Trinajstić information content (AvgIpc) is 3.18. The van der Waals surface area contributed by atoms with Gasteiger partial charge in [-0.05, 0) is 24.6 Å². The van der Waals surface area contributed by atoms with Crippen molar-refractivity contribution in [1.82, 2.24) is 20.4 Å². The number of aromatic nitrogens is 2. The molecule has 0 aliphatic heterocycles. The molecule has 0 saturated heterocycles. The number of rotatable bonds is 6. The molecule has 0 spiro atoms. The van der Waals surface area contributed by atoms with E-state index in [0.29, 0.717) is 12.3 Å². The van der Waals surface area contributed by atoms with Gasteiger partial charge in [-0.15, -0.1) is 0 Å². The molecule has 112 valence electrons. The lowest BCUT2D eigenvalue weighted by Crippen LogP contribution is -2.42. The van der Waals surface area contributed by atoms with Crippen molar-refractivity contribution in [3.8, 4) is 0 Å². The van der Waals surface area contributed by atoms with Crippen molar-refractivity contribution in [2.75, 3.05) is 13.1 Å². The lowest BCUT2D eigenvalue weighted by molar-refractivity contribution is -0.139. The van der Waals surface area contributed by atoms with Gasteiger partial charge in [0.1, 0.15) is 11.8 Å². The third-order valence-corrected chi connectivity index (χ3v) is 2.91. The van der Waals surface area contributed by atoms with Gasteiger partial charge < -0.3 is 15.1 Å². The van der Waals surface area contributed by atoms with E-state index in [0.717, 1.165) is 6.42 Å². The molecule has 2 N–H and O–H groups in total. The summed E-state index contributed by atoms with van der Waals surface area (Å²) in [5.41, 5.74) is 0. The van der Waals surface area contributed by atoms with E-state index in [1.54, 1.807) is 41.5 Å². The number of nitrogens with one attached hydrogen (secondary N) is 2. The van der Waals surface area contributed by atoms with Crippen molar-refractivity contribution >= 4 is 11.8 Å². The van der Waals surface area contributed by atoms with Crippen LogP contribution in [0.5, 0.6) is 0 Å². The van der Waals surface area contributed by atoms with E-state index < -0.39 is 11.8 Å². The summed E-state index contributed by atoms with van der Waals surface area (Å²) in [6, 6.07) is 5.06. The predicted octanol–water partition coefficient (Wildman–Crippen LogP) is 0.708. The summed E-state index contributed by atoms with van der Waals surface area (Å²) in [4.78, 5) is 23.2. The average molecular weight is 290 g/mol. The molecule has 0 bridgehead atoms. The highest BCUT2D eigenvalue weighted by Gasteiger charge is 2.20. The van der Waals surface area contributed by atoms with Crippen LogP contribution in [0.4, 0.5) is 0 Å². The van der Waals surface area contributed by atoms with E-state index in [9.17, 15) is 9.59 Å². The molecule has 2 aromatic rings. The molecule has 0 aromatic carbocycles. The van der Waals surface area contributed by atoms with Crippen molar-refractivity contribution in [1.29, 1.82) is 0 Å². The van der Waals surface area contributed by atoms with Crippen molar-refractivity contribution in [2.24, 2.45) is 0 Å². The second-order valence-electron chi connectivity index (χ2n) is 4.48. The number of amides is 2. The summed E-state index contributed by atoms with van der Waals surface area (Å²) in [5, 5.41) is 9.27. The Morgan fingerprint density at radius 1 is 1.33 bits per heavy atom. The van der Waals surface area contributed by atoms with Crippen LogP contribution in [-0.4, -0.2) is 34.7 Å². The number of furan rings is 1. The molecular weight excluding hydrogens is 272 g/mol. The Bertz CT molecular complexity index is 529. The number of hydrogen-bond donors (Lipinski definition) is 2. The third kappa shape index (κ3) is 3.95. The molecule has 0 aliphatic rings. The minimum Gasteiger partial charge on any atom is -0.467 e. The minimum absolute atomic E-state index is 0.216. The highest BCUT2D eigenvalue weighted by atomic mass is 16.3.